The third-order valence-corrected chi connectivity index (χ3v) is 21.1. The highest BCUT2D eigenvalue weighted by Gasteiger charge is 2.23. The first-order chi connectivity index (χ1) is 50.5. The van der Waals surface area contributed by atoms with Gasteiger partial charge in [0.05, 0.1) is 38.8 Å². The van der Waals surface area contributed by atoms with Gasteiger partial charge in [0.2, 0.25) is 5.95 Å². The maximum atomic E-state index is 6.27. The number of para-hydroxylation sites is 6. The smallest absolute Gasteiger partial charge is 0.237 e. The number of fused-ring (bicyclic) bond motifs is 18. The molecule has 0 unspecified atom stereocenters. The largest absolute Gasteiger partial charge is 0.456 e. The summed E-state index contributed by atoms with van der Waals surface area (Å²) in [6, 6.07) is 120. The third-order valence-electron chi connectivity index (χ3n) is 21.1. The van der Waals surface area contributed by atoms with Crippen LogP contribution in [-0.4, -0.2) is 23.7 Å². The molecular weight excluding hydrogens is 1250 g/mol. The highest BCUT2D eigenvalue weighted by atomic mass is 16.3. The minimum absolute atomic E-state index is 0.566. The summed E-state index contributed by atoms with van der Waals surface area (Å²) in [6.07, 6.45) is 0. The molecular formula is C94H55N5O3. The van der Waals surface area contributed by atoms with Gasteiger partial charge in [-0.2, -0.15) is 4.98 Å². The van der Waals surface area contributed by atoms with Gasteiger partial charge >= 0.3 is 0 Å². The Labute approximate surface area is 582 Å². The van der Waals surface area contributed by atoms with Crippen LogP contribution in [0.4, 0.5) is 0 Å². The zero-order valence-electron chi connectivity index (χ0n) is 54.7. The first-order valence-corrected chi connectivity index (χ1v) is 34.6. The van der Waals surface area contributed by atoms with Crippen molar-refractivity contribution in [1.82, 2.24) is 23.7 Å². The molecule has 0 amide bonds. The fourth-order valence-electron chi connectivity index (χ4n) is 16.2. The molecule has 22 aromatic rings. The molecule has 0 aliphatic carbocycles. The summed E-state index contributed by atoms with van der Waals surface area (Å²) in [4.78, 5) is 11.4. The molecule has 0 radical (unpaired) electrons. The number of hydrogen-bond donors (Lipinski definition) is 0. The summed E-state index contributed by atoms with van der Waals surface area (Å²) in [5.74, 6) is 1.32. The van der Waals surface area contributed by atoms with Crippen LogP contribution in [-0.2, 0) is 0 Å². The van der Waals surface area contributed by atoms with Crippen molar-refractivity contribution in [2.45, 2.75) is 0 Å². The van der Waals surface area contributed by atoms with Crippen LogP contribution in [0.25, 0.3) is 216 Å². The van der Waals surface area contributed by atoms with Crippen molar-refractivity contribution < 1.29 is 13.3 Å². The Bertz CT molecular complexity index is 7030. The second-order valence-electron chi connectivity index (χ2n) is 26.8. The summed E-state index contributed by atoms with van der Waals surface area (Å²) in [6.45, 7) is 0. The highest BCUT2D eigenvalue weighted by molar-refractivity contribution is 6.15. The summed E-state index contributed by atoms with van der Waals surface area (Å²) in [5.41, 5.74) is 25.8. The molecule has 0 saturated carbocycles. The molecule has 7 heterocycles. The van der Waals surface area contributed by atoms with E-state index in [9.17, 15) is 0 Å². The van der Waals surface area contributed by atoms with E-state index in [1.54, 1.807) is 0 Å². The van der Waals surface area contributed by atoms with Gasteiger partial charge in [-0.25, -0.2) is 4.98 Å². The lowest BCUT2D eigenvalue weighted by Crippen LogP contribution is -2.07. The van der Waals surface area contributed by atoms with Crippen LogP contribution in [0.2, 0.25) is 0 Å². The van der Waals surface area contributed by atoms with Crippen LogP contribution in [0, 0.1) is 0 Å². The summed E-state index contributed by atoms with van der Waals surface area (Å²) >= 11 is 0. The fourth-order valence-corrected chi connectivity index (χ4v) is 16.2. The molecule has 0 spiro atoms. The van der Waals surface area contributed by atoms with Crippen molar-refractivity contribution >= 4 is 131 Å². The Morgan fingerprint density at radius 2 is 0.510 bits per heavy atom. The van der Waals surface area contributed by atoms with Crippen LogP contribution in [0.1, 0.15) is 0 Å². The van der Waals surface area contributed by atoms with Gasteiger partial charge in [0.15, 0.2) is 0 Å². The lowest BCUT2D eigenvalue weighted by Gasteiger charge is -2.14. The van der Waals surface area contributed by atoms with Crippen LogP contribution >= 0.6 is 0 Å². The lowest BCUT2D eigenvalue weighted by molar-refractivity contribution is 0.668. The van der Waals surface area contributed by atoms with E-state index in [2.05, 4.69) is 311 Å². The van der Waals surface area contributed by atoms with Crippen molar-refractivity contribution in [1.29, 1.82) is 0 Å². The molecule has 0 fully saturated rings. The SMILES string of the molecule is c1cc(-c2ccc(-c3cccc(-n4c5ccccc5c5cc(-c6ccc7oc8ccccc8c7c6)ccc54)c3)cc2)cc(-c2cc(-n3c4ccccc4c4cc(-c5ccc6oc7ccccc7c6c5)ccc43)nc(-n3c4ccccc4c4cc(-c5ccc6oc7ccccc7c6c5)ccc43)n2)c1. The van der Waals surface area contributed by atoms with Crippen molar-refractivity contribution in [2.24, 2.45) is 0 Å². The van der Waals surface area contributed by atoms with Gasteiger partial charge in [-0.05, 0) is 183 Å². The maximum Gasteiger partial charge on any atom is 0.237 e. The predicted molar refractivity (Wildman–Crippen MR) is 419 cm³/mol. The Morgan fingerprint density at radius 1 is 0.186 bits per heavy atom. The minimum Gasteiger partial charge on any atom is -0.456 e. The summed E-state index contributed by atoms with van der Waals surface area (Å²) < 4.78 is 25.7. The van der Waals surface area contributed by atoms with Gasteiger partial charge in [-0.3, -0.25) is 9.13 Å². The van der Waals surface area contributed by atoms with Gasteiger partial charge in [0, 0.05) is 82.0 Å². The van der Waals surface area contributed by atoms with Crippen LogP contribution in [0.5, 0.6) is 0 Å². The maximum absolute atomic E-state index is 6.27. The number of nitrogens with zero attached hydrogens (tertiary/aromatic N) is 5. The number of rotatable bonds is 9. The standard InChI is InChI=1S/C94H55N5O3/c1-7-25-81-68(19-1)74-49-60(63-38-44-90-77(52-63)71-22-4-10-28-87(71)100-90)35-41-84(74)97(81)67-18-14-16-59(48-67)57-33-31-56(32-34-57)58-15-13-17-66(47-58)80-55-93(98-82-26-8-2-20-69(82)75-50-61(36-42-85(75)98)64-39-45-91-78(53-64)72-23-5-11-29-88(72)101-91)96-94(95-80)99-83-27-9-3-21-70(83)76-51-62(37-43-86(76)99)65-40-46-92-79(54-65)73-24-6-12-30-89(73)102-92/h1-55H. The van der Waals surface area contributed by atoms with E-state index in [4.69, 9.17) is 23.2 Å². The van der Waals surface area contributed by atoms with Gasteiger partial charge in [0.25, 0.3) is 0 Å². The Hall–Kier alpha value is -13.8. The molecule has 0 bridgehead atoms. The zero-order valence-corrected chi connectivity index (χ0v) is 54.7. The van der Waals surface area contributed by atoms with E-state index in [0.29, 0.717) is 5.95 Å². The van der Waals surface area contributed by atoms with Crippen molar-refractivity contribution in [2.75, 3.05) is 0 Å². The first-order valence-electron chi connectivity index (χ1n) is 34.6. The average molecular weight is 1300 g/mol. The molecule has 0 aliphatic heterocycles. The second kappa shape index (κ2) is 21.8. The molecule has 8 nitrogen and oxygen atoms in total. The molecule has 102 heavy (non-hydrogen) atoms. The van der Waals surface area contributed by atoms with Crippen LogP contribution < -0.4 is 0 Å². The molecule has 7 aromatic heterocycles. The van der Waals surface area contributed by atoms with Crippen molar-refractivity contribution in [3.05, 3.63) is 334 Å². The molecule has 0 aliphatic rings. The number of benzene rings is 15. The summed E-state index contributed by atoms with van der Waals surface area (Å²) in [5, 5.41) is 13.5. The van der Waals surface area contributed by atoms with Gasteiger partial charge < -0.3 is 17.8 Å². The highest BCUT2D eigenvalue weighted by Crippen LogP contribution is 2.44. The third kappa shape index (κ3) is 8.69. The van der Waals surface area contributed by atoms with E-state index in [0.717, 1.165) is 199 Å². The first kappa shape index (κ1) is 56.2. The van der Waals surface area contributed by atoms with Crippen LogP contribution in [0.15, 0.2) is 347 Å². The molecule has 0 saturated heterocycles. The number of aromatic nitrogens is 5. The van der Waals surface area contributed by atoms with E-state index in [1.807, 2.05) is 36.4 Å². The minimum atomic E-state index is 0.566. The van der Waals surface area contributed by atoms with Crippen LogP contribution in [0.3, 0.4) is 0 Å². The molecule has 0 atom stereocenters. The Morgan fingerprint density at radius 3 is 0.990 bits per heavy atom. The average Bonchev–Trinajstić information content (AvgIpc) is 1.58. The van der Waals surface area contributed by atoms with Crippen molar-refractivity contribution in [3.8, 4) is 84.3 Å². The molecule has 0 N–H and O–H groups in total. The molecule has 15 aromatic carbocycles. The zero-order chi connectivity index (χ0) is 66.7. The Balaban J connectivity index is 0.654. The molecule has 22 rings (SSSR count). The normalized spacial score (nSPS) is 12.1. The second-order valence-corrected chi connectivity index (χ2v) is 26.8. The number of hydrogen-bond acceptors (Lipinski definition) is 5. The van der Waals surface area contributed by atoms with Gasteiger partial charge in [-0.15, -0.1) is 0 Å². The summed E-state index contributed by atoms with van der Waals surface area (Å²) in [7, 11) is 0. The van der Waals surface area contributed by atoms with Gasteiger partial charge in [-0.1, -0.05) is 200 Å². The van der Waals surface area contributed by atoms with E-state index in [-0.39, 0.29) is 0 Å². The lowest BCUT2D eigenvalue weighted by atomic mass is 9.98. The van der Waals surface area contributed by atoms with E-state index in [1.165, 1.54) is 10.8 Å². The quantitative estimate of drug-likeness (QED) is 0.144. The fraction of sp³-hybridized carbons (Fsp3) is 0. The predicted octanol–water partition coefficient (Wildman–Crippen LogP) is 25.5. The molecule has 8 heteroatoms. The monoisotopic (exact) mass is 1300 g/mol. The topological polar surface area (TPSA) is 80.0 Å². The van der Waals surface area contributed by atoms with E-state index < -0.39 is 0 Å². The van der Waals surface area contributed by atoms with E-state index >= 15 is 0 Å². The molecule has 474 valence electrons. The van der Waals surface area contributed by atoms with Gasteiger partial charge in [0.1, 0.15) is 39.3 Å². The Kier molecular flexibility index (Phi) is 12.0. The number of furan rings is 3. The van der Waals surface area contributed by atoms with Crippen molar-refractivity contribution in [3.63, 3.8) is 0 Å².